The van der Waals surface area contributed by atoms with Crippen molar-refractivity contribution in [1.29, 1.82) is 0 Å². The van der Waals surface area contributed by atoms with Crippen LogP contribution in [0.15, 0.2) is 17.5 Å². The molecule has 2 aromatic rings. The number of hydrogen-bond acceptors (Lipinski definition) is 3. The van der Waals surface area contributed by atoms with Crippen LogP contribution in [-0.2, 0) is 6.42 Å². The van der Waals surface area contributed by atoms with E-state index in [1.54, 1.807) is 11.3 Å². The summed E-state index contributed by atoms with van der Waals surface area (Å²) >= 11 is 7.43. The summed E-state index contributed by atoms with van der Waals surface area (Å²) in [4.78, 5) is 10.1. The molecule has 0 aromatic carbocycles. The van der Waals surface area contributed by atoms with Crippen molar-refractivity contribution in [2.45, 2.75) is 20.3 Å². The van der Waals surface area contributed by atoms with Gasteiger partial charge in [-0.05, 0) is 36.9 Å². The molecule has 0 aliphatic rings. The van der Waals surface area contributed by atoms with E-state index in [9.17, 15) is 0 Å². The van der Waals surface area contributed by atoms with Crippen molar-refractivity contribution in [3.8, 4) is 10.6 Å². The third-order valence-electron chi connectivity index (χ3n) is 2.31. The zero-order valence-electron chi connectivity index (χ0n) is 9.33. The summed E-state index contributed by atoms with van der Waals surface area (Å²) in [5, 5.41) is 2.09. The summed E-state index contributed by atoms with van der Waals surface area (Å²) in [6, 6.07) is 4.13. The van der Waals surface area contributed by atoms with Crippen molar-refractivity contribution in [2.24, 2.45) is 0 Å². The average molecular weight is 253 g/mol. The van der Waals surface area contributed by atoms with Gasteiger partial charge >= 0.3 is 0 Å². The van der Waals surface area contributed by atoms with E-state index in [-0.39, 0.29) is 0 Å². The molecule has 0 aliphatic carbocycles. The van der Waals surface area contributed by atoms with Crippen LogP contribution in [0.5, 0.6) is 0 Å². The van der Waals surface area contributed by atoms with E-state index in [4.69, 9.17) is 11.6 Å². The van der Waals surface area contributed by atoms with Gasteiger partial charge in [-0.15, -0.1) is 22.9 Å². The summed E-state index contributed by atoms with van der Waals surface area (Å²) in [6.45, 7) is 4.09. The molecule has 0 spiro atoms. The molecule has 2 nitrogen and oxygen atoms in total. The van der Waals surface area contributed by atoms with Crippen LogP contribution >= 0.6 is 22.9 Å². The van der Waals surface area contributed by atoms with E-state index >= 15 is 0 Å². The van der Waals surface area contributed by atoms with E-state index in [0.717, 1.165) is 23.6 Å². The summed E-state index contributed by atoms with van der Waals surface area (Å²) in [5.74, 6) is 1.39. The average Bonchev–Trinajstić information content (AvgIpc) is 2.64. The zero-order valence-corrected chi connectivity index (χ0v) is 10.9. The molecule has 4 heteroatoms. The van der Waals surface area contributed by atoms with Gasteiger partial charge in [0.1, 0.15) is 5.82 Å². The molecule has 2 aromatic heterocycles. The molecule has 0 bridgehead atoms. The lowest BCUT2D eigenvalue weighted by atomic mass is 10.2. The van der Waals surface area contributed by atoms with Crippen molar-refractivity contribution in [1.82, 2.24) is 9.97 Å². The Bertz CT molecular complexity index is 494. The Morgan fingerprint density at radius 3 is 2.75 bits per heavy atom. The van der Waals surface area contributed by atoms with Crippen molar-refractivity contribution >= 4 is 22.9 Å². The van der Waals surface area contributed by atoms with Crippen LogP contribution < -0.4 is 0 Å². The summed E-state index contributed by atoms with van der Waals surface area (Å²) in [6.07, 6.45) is 0.723. The lowest BCUT2D eigenvalue weighted by Crippen LogP contribution is -1.99. The lowest BCUT2D eigenvalue weighted by Gasteiger charge is -2.04. The standard InChI is InChI=1S/C12H13ClN2S/c1-8-4-6-16-12(8)10-7-9(2)14-11(15-10)3-5-13/h4,6-7H,3,5H2,1-2H3. The number of aromatic nitrogens is 2. The Hall–Kier alpha value is -0.930. The Balaban J connectivity index is 2.45. The molecule has 0 saturated heterocycles. The van der Waals surface area contributed by atoms with Crippen molar-refractivity contribution in [3.63, 3.8) is 0 Å². The van der Waals surface area contributed by atoms with Gasteiger partial charge in [0.25, 0.3) is 0 Å². The molecule has 0 amide bonds. The topological polar surface area (TPSA) is 25.8 Å². The predicted octanol–water partition coefficient (Wildman–Crippen LogP) is 3.60. The van der Waals surface area contributed by atoms with Crippen LogP contribution in [0.3, 0.4) is 0 Å². The highest BCUT2D eigenvalue weighted by atomic mass is 35.5. The third-order valence-corrected chi connectivity index (χ3v) is 3.54. The molecule has 2 heterocycles. The number of hydrogen-bond donors (Lipinski definition) is 0. The van der Waals surface area contributed by atoms with Crippen LogP contribution in [0.25, 0.3) is 10.6 Å². The summed E-state index contributed by atoms with van der Waals surface area (Å²) in [5.41, 5.74) is 3.28. The second-order valence-corrected chi connectivity index (χ2v) is 4.98. The number of nitrogens with zero attached hydrogens (tertiary/aromatic N) is 2. The minimum Gasteiger partial charge on any atom is -0.238 e. The van der Waals surface area contributed by atoms with E-state index in [0.29, 0.717) is 5.88 Å². The fraction of sp³-hybridized carbons (Fsp3) is 0.333. The molecular formula is C12H13ClN2S. The van der Waals surface area contributed by atoms with Crippen molar-refractivity contribution in [2.75, 3.05) is 5.88 Å². The largest absolute Gasteiger partial charge is 0.238 e. The van der Waals surface area contributed by atoms with Crippen LogP contribution in [0.2, 0.25) is 0 Å². The normalized spacial score (nSPS) is 10.7. The molecule has 0 aliphatic heterocycles. The van der Waals surface area contributed by atoms with Crippen LogP contribution in [-0.4, -0.2) is 15.8 Å². The van der Waals surface area contributed by atoms with Crippen molar-refractivity contribution < 1.29 is 0 Å². The monoisotopic (exact) mass is 252 g/mol. The van der Waals surface area contributed by atoms with E-state index in [2.05, 4.69) is 28.3 Å². The zero-order chi connectivity index (χ0) is 11.5. The first-order valence-corrected chi connectivity index (χ1v) is 6.57. The third kappa shape index (κ3) is 2.42. The first-order valence-electron chi connectivity index (χ1n) is 5.15. The predicted molar refractivity (Wildman–Crippen MR) is 69.2 cm³/mol. The van der Waals surface area contributed by atoms with Gasteiger partial charge < -0.3 is 0 Å². The number of halogens is 1. The molecule has 0 unspecified atom stereocenters. The second-order valence-electron chi connectivity index (χ2n) is 3.68. The molecule has 0 fully saturated rings. The molecule has 2 rings (SSSR count). The van der Waals surface area contributed by atoms with E-state index < -0.39 is 0 Å². The first-order chi connectivity index (χ1) is 7.70. The van der Waals surface area contributed by atoms with Crippen LogP contribution in [0.1, 0.15) is 17.1 Å². The number of rotatable bonds is 3. The fourth-order valence-corrected chi connectivity index (χ4v) is 2.63. The summed E-state index contributed by atoms with van der Waals surface area (Å²) in [7, 11) is 0. The highest BCUT2D eigenvalue weighted by Crippen LogP contribution is 2.27. The Morgan fingerprint density at radius 1 is 1.31 bits per heavy atom. The number of thiophene rings is 1. The highest BCUT2D eigenvalue weighted by molar-refractivity contribution is 7.13. The highest BCUT2D eigenvalue weighted by Gasteiger charge is 2.07. The van der Waals surface area contributed by atoms with Crippen LogP contribution in [0, 0.1) is 13.8 Å². The van der Waals surface area contributed by atoms with Gasteiger partial charge in [0.2, 0.25) is 0 Å². The van der Waals surface area contributed by atoms with Gasteiger partial charge in [-0.3, -0.25) is 0 Å². The minimum absolute atomic E-state index is 0.562. The molecule has 0 N–H and O–H groups in total. The Kier molecular flexibility index (Phi) is 3.56. The molecule has 0 radical (unpaired) electrons. The quantitative estimate of drug-likeness (QED) is 0.780. The molecule has 84 valence electrons. The molecule has 0 atom stereocenters. The minimum atomic E-state index is 0.562. The van der Waals surface area contributed by atoms with Gasteiger partial charge in [-0.25, -0.2) is 9.97 Å². The van der Waals surface area contributed by atoms with Gasteiger partial charge in [-0.1, -0.05) is 0 Å². The SMILES string of the molecule is Cc1cc(-c2sccc2C)nc(CCCl)n1. The lowest BCUT2D eigenvalue weighted by molar-refractivity contribution is 0.926. The molecular weight excluding hydrogens is 240 g/mol. The fourth-order valence-electron chi connectivity index (χ4n) is 1.58. The summed E-state index contributed by atoms with van der Waals surface area (Å²) < 4.78 is 0. The second kappa shape index (κ2) is 4.93. The first kappa shape index (κ1) is 11.6. The van der Waals surface area contributed by atoms with Gasteiger partial charge in [-0.2, -0.15) is 0 Å². The molecule has 0 saturated carbocycles. The number of alkyl halides is 1. The van der Waals surface area contributed by atoms with Gasteiger partial charge in [0.15, 0.2) is 0 Å². The maximum absolute atomic E-state index is 5.72. The van der Waals surface area contributed by atoms with E-state index in [1.807, 2.05) is 13.0 Å². The molecule has 16 heavy (non-hydrogen) atoms. The van der Waals surface area contributed by atoms with Gasteiger partial charge in [0, 0.05) is 18.0 Å². The van der Waals surface area contributed by atoms with Crippen molar-refractivity contribution in [3.05, 3.63) is 34.6 Å². The van der Waals surface area contributed by atoms with Crippen LogP contribution in [0.4, 0.5) is 0 Å². The smallest absolute Gasteiger partial charge is 0.130 e. The maximum atomic E-state index is 5.72. The number of aryl methyl sites for hydroxylation is 3. The Morgan fingerprint density at radius 2 is 2.12 bits per heavy atom. The van der Waals surface area contributed by atoms with E-state index in [1.165, 1.54) is 10.4 Å². The Labute approximate surface area is 104 Å². The maximum Gasteiger partial charge on any atom is 0.130 e. The van der Waals surface area contributed by atoms with Gasteiger partial charge in [0.05, 0.1) is 10.6 Å².